The summed E-state index contributed by atoms with van der Waals surface area (Å²) in [5.74, 6) is -0.926. The quantitative estimate of drug-likeness (QED) is 0.529. The third-order valence-corrected chi connectivity index (χ3v) is 2.16. The molecule has 0 saturated carbocycles. The first-order chi connectivity index (χ1) is 6.49. The summed E-state index contributed by atoms with van der Waals surface area (Å²) in [6.07, 6.45) is 1.67. The van der Waals surface area contributed by atoms with Gasteiger partial charge in [-0.25, -0.2) is 0 Å². The van der Waals surface area contributed by atoms with Gasteiger partial charge >= 0.3 is 5.97 Å². The molecule has 14 heavy (non-hydrogen) atoms. The Hall–Kier alpha value is -0.940. The van der Waals surface area contributed by atoms with Crippen molar-refractivity contribution in [2.75, 3.05) is 7.05 Å². The van der Waals surface area contributed by atoms with E-state index in [2.05, 4.69) is 5.32 Å². The second kappa shape index (κ2) is 6.50. The van der Waals surface area contributed by atoms with E-state index in [1.165, 1.54) is 6.92 Å². The van der Waals surface area contributed by atoms with Crippen molar-refractivity contribution >= 4 is 11.8 Å². The number of Topliss-reactive ketones (excluding diaryl/α,β-unsaturated/α-hetero) is 1. The Kier molecular flexibility index (Phi) is 6.07. The van der Waals surface area contributed by atoms with Gasteiger partial charge in [0, 0.05) is 0 Å². The first-order valence-electron chi connectivity index (χ1n) is 4.65. The van der Waals surface area contributed by atoms with Crippen molar-refractivity contribution < 1.29 is 14.7 Å². The van der Waals surface area contributed by atoms with Crippen LogP contribution in [0.25, 0.3) is 0 Å². The molecule has 0 saturated heterocycles. The normalized spacial score (nSPS) is 14.8. The summed E-state index contributed by atoms with van der Waals surface area (Å²) in [5.41, 5.74) is 5.32. The Morgan fingerprint density at radius 2 is 2.00 bits per heavy atom. The number of nitrogens with one attached hydrogen (secondary N) is 1. The molecule has 0 fully saturated rings. The topological polar surface area (TPSA) is 92.4 Å². The minimum Gasteiger partial charge on any atom is -0.480 e. The number of carbonyl (C=O) groups is 2. The summed E-state index contributed by atoms with van der Waals surface area (Å²) >= 11 is 0. The van der Waals surface area contributed by atoms with Crippen LogP contribution in [0, 0.1) is 0 Å². The highest BCUT2D eigenvalue weighted by atomic mass is 16.4. The number of ketones is 1. The Labute approximate surface area is 83.7 Å². The Bertz CT molecular complexity index is 206. The fourth-order valence-corrected chi connectivity index (χ4v) is 1.22. The summed E-state index contributed by atoms with van der Waals surface area (Å²) in [4.78, 5) is 21.3. The zero-order chi connectivity index (χ0) is 11.1. The van der Waals surface area contributed by atoms with E-state index >= 15 is 0 Å². The molecule has 2 atom stereocenters. The Balaban J connectivity index is 3.71. The van der Waals surface area contributed by atoms with E-state index in [9.17, 15) is 9.59 Å². The monoisotopic (exact) mass is 202 g/mol. The van der Waals surface area contributed by atoms with Crippen LogP contribution in [0.3, 0.4) is 0 Å². The van der Waals surface area contributed by atoms with E-state index in [1.54, 1.807) is 7.05 Å². The first kappa shape index (κ1) is 13.1. The van der Waals surface area contributed by atoms with Gasteiger partial charge in [0.05, 0.1) is 6.04 Å². The molecule has 0 aromatic rings. The van der Waals surface area contributed by atoms with Crippen LogP contribution in [0.15, 0.2) is 0 Å². The molecule has 0 rings (SSSR count). The number of rotatable bonds is 7. The summed E-state index contributed by atoms with van der Waals surface area (Å²) < 4.78 is 0. The number of hydrogen-bond donors (Lipinski definition) is 3. The standard InChI is InChI=1S/C9H18N2O3/c1-6(12)8(11-2)5-3-4-7(10)9(13)14/h7-8,11H,3-5,10H2,1-2H3,(H,13,14)/t7-,8+/m1/s1. The van der Waals surface area contributed by atoms with Gasteiger partial charge < -0.3 is 16.2 Å². The number of carboxylic acid groups (broad SMARTS) is 1. The van der Waals surface area contributed by atoms with E-state index in [-0.39, 0.29) is 11.8 Å². The molecule has 0 aromatic heterocycles. The van der Waals surface area contributed by atoms with Gasteiger partial charge in [-0.2, -0.15) is 0 Å². The third kappa shape index (κ3) is 4.94. The minimum atomic E-state index is -0.992. The molecule has 82 valence electrons. The van der Waals surface area contributed by atoms with Crippen LogP contribution in [0.2, 0.25) is 0 Å². The molecule has 0 bridgehead atoms. The van der Waals surface area contributed by atoms with Crippen molar-refractivity contribution in [2.24, 2.45) is 5.73 Å². The molecule has 0 amide bonds. The van der Waals surface area contributed by atoms with Crippen molar-refractivity contribution in [2.45, 2.75) is 38.3 Å². The van der Waals surface area contributed by atoms with Crippen molar-refractivity contribution in [1.29, 1.82) is 0 Å². The molecule has 0 aromatic carbocycles. The molecular formula is C9H18N2O3. The zero-order valence-electron chi connectivity index (χ0n) is 8.62. The van der Waals surface area contributed by atoms with Gasteiger partial charge in [0.1, 0.15) is 11.8 Å². The van der Waals surface area contributed by atoms with Gasteiger partial charge in [-0.3, -0.25) is 9.59 Å². The number of carboxylic acids is 1. The molecule has 0 aliphatic carbocycles. The average Bonchev–Trinajstić information content (AvgIpc) is 2.11. The van der Waals surface area contributed by atoms with Crippen LogP contribution in [0.1, 0.15) is 26.2 Å². The van der Waals surface area contributed by atoms with Crippen molar-refractivity contribution in [3.05, 3.63) is 0 Å². The number of hydrogen-bond acceptors (Lipinski definition) is 4. The molecule has 5 nitrogen and oxygen atoms in total. The van der Waals surface area contributed by atoms with E-state index in [4.69, 9.17) is 10.8 Å². The highest BCUT2D eigenvalue weighted by molar-refractivity contribution is 5.81. The lowest BCUT2D eigenvalue weighted by molar-refractivity contribution is -0.138. The predicted molar refractivity (Wildman–Crippen MR) is 53.0 cm³/mol. The number of nitrogens with two attached hydrogens (primary N) is 1. The van der Waals surface area contributed by atoms with E-state index in [0.717, 1.165) is 0 Å². The molecule has 4 N–H and O–H groups in total. The Morgan fingerprint density at radius 1 is 1.43 bits per heavy atom. The second-order valence-corrected chi connectivity index (χ2v) is 3.33. The van der Waals surface area contributed by atoms with Crippen LogP contribution in [-0.2, 0) is 9.59 Å². The van der Waals surface area contributed by atoms with E-state index in [0.29, 0.717) is 19.3 Å². The summed E-state index contributed by atoms with van der Waals surface area (Å²) in [5, 5.41) is 11.4. The maximum absolute atomic E-state index is 11.0. The summed E-state index contributed by atoms with van der Waals surface area (Å²) in [6, 6.07) is -1.00. The van der Waals surface area contributed by atoms with Crippen LogP contribution in [0.5, 0.6) is 0 Å². The minimum absolute atomic E-state index is 0.0661. The number of carbonyl (C=O) groups excluding carboxylic acids is 1. The highest BCUT2D eigenvalue weighted by Gasteiger charge is 2.14. The fourth-order valence-electron chi connectivity index (χ4n) is 1.22. The van der Waals surface area contributed by atoms with Gasteiger partial charge in [-0.1, -0.05) is 0 Å². The molecule has 0 radical (unpaired) electrons. The van der Waals surface area contributed by atoms with Crippen LogP contribution < -0.4 is 11.1 Å². The lowest BCUT2D eigenvalue weighted by Gasteiger charge is -2.13. The first-order valence-corrected chi connectivity index (χ1v) is 4.65. The average molecular weight is 202 g/mol. The molecular weight excluding hydrogens is 184 g/mol. The van der Waals surface area contributed by atoms with Crippen LogP contribution in [-0.4, -0.2) is 36.0 Å². The largest absolute Gasteiger partial charge is 0.480 e. The number of aliphatic carboxylic acids is 1. The summed E-state index contributed by atoms with van der Waals surface area (Å²) in [7, 11) is 1.71. The second-order valence-electron chi connectivity index (χ2n) is 3.33. The third-order valence-electron chi connectivity index (χ3n) is 2.16. The SMILES string of the molecule is CN[C@@H](CCC[C@@H](N)C(=O)O)C(C)=O. The van der Waals surface area contributed by atoms with Gasteiger partial charge in [0.25, 0.3) is 0 Å². The van der Waals surface area contributed by atoms with Gasteiger partial charge in [-0.15, -0.1) is 0 Å². The van der Waals surface area contributed by atoms with Crippen LogP contribution >= 0.6 is 0 Å². The molecule has 0 spiro atoms. The van der Waals surface area contributed by atoms with Crippen molar-refractivity contribution in [3.8, 4) is 0 Å². The van der Waals surface area contributed by atoms with E-state index in [1.807, 2.05) is 0 Å². The fraction of sp³-hybridized carbons (Fsp3) is 0.778. The van der Waals surface area contributed by atoms with Crippen molar-refractivity contribution in [3.63, 3.8) is 0 Å². The zero-order valence-corrected chi connectivity index (χ0v) is 8.62. The van der Waals surface area contributed by atoms with Gasteiger partial charge in [-0.05, 0) is 33.2 Å². The number of likely N-dealkylation sites (N-methyl/N-ethyl adjacent to an activating group) is 1. The van der Waals surface area contributed by atoms with Gasteiger partial charge in [0.15, 0.2) is 0 Å². The Morgan fingerprint density at radius 3 is 2.36 bits per heavy atom. The van der Waals surface area contributed by atoms with E-state index < -0.39 is 12.0 Å². The molecule has 5 heteroatoms. The highest BCUT2D eigenvalue weighted by Crippen LogP contribution is 2.04. The molecule has 0 aliphatic rings. The maximum atomic E-state index is 11.0. The van der Waals surface area contributed by atoms with Gasteiger partial charge in [0.2, 0.25) is 0 Å². The molecule has 0 heterocycles. The summed E-state index contributed by atoms with van der Waals surface area (Å²) in [6.45, 7) is 1.51. The smallest absolute Gasteiger partial charge is 0.320 e. The van der Waals surface area contributed by atoms with Crippen LogP contribution in [0.4, 0.5) is 0 Å². The lowest BCUT2D eigenvalue weighted by Crippen LogP contribution is -2.34. The molecule has 0 aliphatic heterocycles. The predicted octanol–water partition coefficient (Wildman–Crippen LogP) is -0.254. The van der Waals surface area contributed by atoms with Crippen molar-refractivity contribution in [1.82, 2.24) is 5.32 Å². The maximum Gasteiger partial charge on any atom is 0.320 e. The molecule has 0 unspecified atom stereocenters. The lowest BCUT2D eigenvalue weighted by atomic mass is 10.0.